The number of Topliss-reactive ketones (excluding diaryl/α,β-unsaturated/α-hetero) is 1. The summed E-state index contributed by atoms with van der Waals surface area (Å²) in [6, 6.07) is 3.56. The van der Waals surface area contributed by atoms with Crippen molar-refractivity contribution in [1.29, 1.82) is 0 Å². The van der Waals surface area contributed by atoms with E-state index in [9.17, 15) is 9.59 Å². The minimum absolute atomic E-state index is 0.238. The molecule has 5 heteroatoms. The number of ketones is 1. The third-order valence-electron chi connectivity index (χ3n) is 3.21. The Morgan fingerprint density at radius 2 is 2.11 bits per heavy atom. The largest absolute Gasteiger partial charge is 0.465 e. The van der Waals surface area contributed by atoms with Gasteiger partial charge >= 0.3 is 5.97 Å². The summed E-state index contributed by atoms with van der Waals surface area (Å²) in [4.78, 5) is 23.3. The van der Waals surface area contributed by atoms with E-state index in [1.54, 1.807) is 6.07 Å². The van der Waals surface area contributed by atoms with Crippen molar-refractivity contribution in [2.45, 2.75) is 19.8 Å². The van der Waals surface area contributed by atoms with Crippen molar-refractivity contribution in [3.05, 3.63) is 27.7 Å². The lowest BCUT2D eigenvalue weighted by molar-refractivity contribution is -0.118. The van der Waals surface area contributed by atoms with Crippen LogP contribution in [0.4, 0.5) is 5.69 Å². The Morgan fingerprint density at radius 1 is 1.42 bits per heavy atom. The summed E-state index contributed by atoms with van der Waals surface area (Å²) in [5, 5.41) is 3.10. The zero-order valence-electron chi connectivity index (χ0n) is 11.0. The maximum absolute atomic E-state index is 11.7. The predicted molar refractivity (Wildman–Crippen MR) is 76.4 cm³/mol. The average Bonchev–Trinajstić information content (AvgIpc) is 3.20. The number of benzene rings is 1. The van der Waals surface area contributed by atoms with Crippen LogP contribution >= 0.6 is 15.9 Å². The summed E-state index contributed by atoms with van der Waals surface area (Å²) in [5.41, 5.74) is 2.22. The number of carbonyl (C=O) groups is 2. The molecule has 1 saturated carbocycles. The maximum Gasteiger partial charge on any atom is 0.339 e. The average molecular weight is 326 g/mol. The fourth-order valence-corrected chi connectivity index (χ4v) is 2.48. The van der Waals surface area contributed by atoms with Crippen molar-refractivity contribution in [3.8, 4) is 0 Å². The molecule has 102 valence electrons. The summed E-state index contributed by atoms with van der Waals surface area (Å²) in [6.45, 7) is 2.24. The summed E-state index contributed by atoms with van der Waals surface area (Å²) < 4.78 is 5.41. The monoisotopic (exact) mass is 325 g/mol. The number of nitrogens with one attached hydrogen (secondary N) is 1. The number of rotatable bonds is 5. The lowest BCUT2D eigenvalue weighted by Gasteiger charge is -2.12. The van der Waals surface area contributed by atoms with E-state index in [1.807, 2.05) is 13.0 Å². The first-order valence-corrected chi connectivity index (χ1v) is 6.97. The number of halogens is 1. The number of hydrogen-bond donors (Lipinski definition) is 1. The van der Waals surface area contributed by atoms with Gasteiger partial charge < -0.3 is 10.1 Å². The highest BCUT2D eigenvalue weighted by molar-refractivity contribution is 9.10. The zero-order valence-corrected chi connectivity index (χ0v) is 12.5. The minimum Gasteiger partial charge on any atom is -0.465 e. The molecule has 0 heterocycles. The normalized spacial score (nSPS) is 14.1. The molecule has 1 N–H and O–H groups in total. The lowest BCUT2D eigenvalue weighted by Crippen LogP contribution is -2.16. The highest BCUT2D eigenvalue weighted by atomic mass is 79.9. The van der Waals surface area contributed by atoms with Crippen LogP contribution < -0.4 is 5.32 Å². The summed E-state index contributed by atoms with van der Waals surface area (Å²) in [5.74, 6) is 0.0775. The molecule has 19 heavy (non-hydrogen) atoms. The number of aryl methyl sites for hydroxylation is 1. The summed E-state index contributed by atoms with van der Waals surface area (Å²) >= 11 is 3.34. The van der Waals surface area contributed by atoms with Crippen LogP contribution in [0.5, 0.6) is 0 Å². The molecular formula is C14H16BrNO3. The Bertz CT molecular complexity index is 524. The van der Waals surface area contributed by atoms with Crippen LogP contribution in [0.2, 0.25) is 0 Å². The minimum atomic E-state index is -0.400. The predicted octanol–water partition coefficient (Wildman–Crippen LogP) is 2.94. The van der Waals surface area contributed by atoms with E-state index >= 15 is 0 Å². The van der Waals surface area contributed by atoms with E-state index < -0.39 is 5.97 Å². The molecule has 0 radical (unpaired) electrons. The molecule has 2 rings (SSSR count). The molecule has 0 atom stereocenters. The molecule has 0 spiro atoms. The van der Waals surface area contributed by atoms with Crippen LogP contribution in [-0.4, -0.2) is 25.4 Å². The van der Waals surface area contributed by atoms with Crippen molar-refractivity contribution in [2.24, 2.45) is 5.92 Å². The maximum atomic E-state index is 11.7. The molecule has 0 amide bonds. The summed E-state index contributed by atoms with van der Waals surface area (Å²) in [7, 11) is 1.35. The second-order valence-electron chi connectivity index (χ2n) is 4.73. The smallest absolute Gasteiger partial charge is 0.339 e. The third kappa shape index (κ3) is 3.35. The van der Waals surface area contributed by atoms with Crippen LogP contribution in [0, 0.1) is 12.8 Å². The number of carbonyl (C=O) groups excluding carboxylic acids is 2. The van der Waals surface area contributed by atoms with Gasteiger partial charge in [0.2, 0.25) is 0 Å². The molecule has 1 aliphatic rings. The van der Waals surface area contributed by atoms with E-state index in [2.05, 4.69) is 21.2 Å². The van der Waals surface area contributed by atoms with Gasteiger partial charge in [-0.25, -0.2) is 4.79 Å². The molecule has 0 unspecified atom stereocenters. The Labute approximate surface area is 120 Å². The first-order valence-electron chi connectivity index (χ1n) is 6.18. The van der Waals surface area contributed by atoms with Crippen molar-refractivity contribution >= 4 is 33.4 Å². The topological polar surface area (TPSA) is 55.4 Å². The fourth-order valence-electron chi connectivity index (χ4n) is 1.86. The van der Waals surface area contributed by atoms with E-state index in [4.69, 9.17) is 4.74 Å². The van der Waals surface area contributed by atoms with Crippen molar-refractivity contribution < 1.29 is 14.3 Å². The second-order valence-corrected chi connectivity index (χ2v) is 5.59. The van der Waals surface area contributed by atoms with Crippen molar-refractivity contribution in [3.63, 3.8) is 0 Å². The third-order valence-corrected chi connectivity index (χ3v) is 3.86. The van der Waals surface area contributed by atoms with Gasteiger partial charge in [0.25, 0.3) is 0 Å². The highest BCUT2D eigenvalue weighted by Crippen LogP contribution is 2.30. The highest BCUT2D eigenvalue weighted by Gasteiger charge is 2.29. The van der Waals surface area contributed by atoms with E-state index in [0.717, 1.165) is 24.1 Å². The fraction of sp³-hybridized carbons (Fsp3) is 0.429. The quantitative estimate of drug-likeness (QED) is 0.846. The van der Waals surface area contributed by atoms with Gasteiger partial charge in [0, 0.05) is 16.1 Å². The second kappa shape index (κ2) is 5.74. The molecule has 0 saturated heterocycles. The van der Waals surface area contributed by atoms with Gasteiger partial charge in [0.05, 0.1) is 19.2 Å². The molecule has 1 aliphatic carbocycles. The molecule has 0 aliphatic heterocycles. The van der Waals surface area contributed by atoms with Crippen LogP contribution in [0.25, 0.3) is 0 Å². The lowest BCUT2D eigenvalue weighted by atomic mass is 10.1. The number of methoxy groups -OCH3 is 1. The molecule has 4 nitrogen and oxygen atoms in total. The Hall–Kier alpha value is -1.36. The van der Waals surface area contributed by atoms with Crippen LogP contribution in [0.1, 0.15) is 28.8 Å². The van der Waals surface area contributed by atoms with E-state index in [0.29, 0.717) is 16.6 Å². The van der Waals surface area contributed by atoms with Gasteiger partial charge in [-0.2, -0.15) is 0 Å². The molecular weight excluding hydrogens is 310 g/mol. The first kappa shape index (κ1) is 14.1. The van der Waals surface area contributed by atoms with Crippen molar-refractivity contribution in [1.82, 2.24) is 0 Å². The molecule has 1 aromatic rings. The van der Waals surface area contributed by atoms with Crippen LogP contribution in [-0.2, 0) is 9.53 Å². The Balaban J connectivity index is 2.14. The Kier molecular flexibility index (Phi) is 4.24. The number of esters is 1. The first-order chi connectivity index (χ1) is 9.02. The molecule has 1 fully saturated rings. The molecule has 1 aromatic carbocycles. The van der Waals surface area contributed by atoms with Crippen LogP contribution in [0.15, 0.2) is 16.6 Å². The van der Waals surface area contributed by atoms with E-state index in [1.165, 1.54) is 7.11 Å². The molecule has 0 aromatic heterocycles. The summed E-state index contributed by atoms with van der Waals surface area (Å²) in [6.07, 6.45) is 2.01. The SMILES string of the molecule is COC(=O)c1cc(NCC(=O)C2CC2)c(C)cc1Br. The number of hydrogen-bond acceptors (Lipinski definition) is 4. The van der Waals surface area contributed by atoms with Gasteiger partial charge in [-0.1, -0.05) is 0 Å². The standard InChI is InChI=1S/C14H16BrNO3/c1-8-5-11(15)10(14(18)19-2)6-12(8)16-7-13(17)9-3-4-9/h5-6,9,16H,3-4,7H2,1-2H3. The number of ether oxygens (including phenoxy) is 1. The zero-order chi connectivity index (χ0) is 14.0. The van der Waals surface area contributed by atoms with Crippen molar-refractivity contribution in [2.75, 3.05) is 19.0 Å². The van der Waals surface area contributed by atoms with Crippen LogP contribution in [0.3, 0.4) is 0 Å². The molecule has 0 bridgehead atoms. The van der Waals surface area contributed by atoms with E-state index in [-0.39, 0.29) is 11.7 Å². The van der Waals surface area contributed by atoms with Gasteiger partial charge in [0.15, 0.2) is 5.78 Å². The van der Waals surface area contributed by atoms with Gasteiger partial charge in [-0.3, -0.25) is 4.79 Å². The van der Waals surface area contributed by atoms with Gasteiger partial charge in [0.1, 0.15) is 0 Å². The Morgan fingerprint density at radius 3 is 2.68 bits per heavy atom. The number of anilines is 1. The van der Waals surface area contributed by atoms with Gasteiger partial charge in [-0.15, -0.1) is 0 Å². The van der Waals surface area contributed by atoms with Gasteiger partial charge in [-0.05, 0) is 53.4 Å².